The van der Waals surface area contributed by atoms with Gasteiger partial charge in [-0.2, -0.15) is 0 Å². The van der Waals surface area contributed by atoms with Crippen molar-refractivity contribution in [3.05, 3.63) is 21.3 Å². The summed E-state index contributed by atoms with van der Waals surface area (Å²) in [6, 6.07) is 3.50. The quantitative estimate of drug-likeness (QED) is 0.463. The fourth-order valence-corrected chi connectivity index (χ4v) is 2.29. The molecule has 1 unspecified atom stereocenters. The number of ether oxygens (including phenoxy) is 2. The van der Waals surface area contributed by atoms with Crippen LogP contribution in [0.5, 0.6) is 0 Å². The molecule has 0 aliphatic carbocycles. The summed E-state index contributed by atoms with van der Waals surface area (Å²) in [6.45, 7) is 0. The van der Waals surface area contributed by atoms with Crippen LogP contribution in [0.15, 0.2) is 12.1 Å². The maximum absolute atomic E-state index is 5.82. The molecule has 0 aliphatic heterocycles. The van der Waals surface area contributed by atoms with Crippen LogP contribution in [0, 0.1) is 0 Å². The molecule has 80 valence electrons. The van der Waals surface area contributed by atoms with Crippen LogP contribution in [0.1, 0.15) is 10.9 Å². The van der Waals surface area contributed by atoms with Crippen LogP contribution in [-0.2, 0) is 9.47 Å². The maximum atomic E-state index is 5.82. The van der Waals surface area contributed by atoms with Crippen molar-refractivity contribution in [2.75, 3.05) is 14.2 Å². The lowest BCUT2D eigenvalue weighted by molar-refractivity contribution is -0.123. The Kier molecular flexibility index (Phi) is 4.80. The number of hydrazine groups is 1. The summed E-state index contributed by atoms with van der Waals surface area (Å²) in [5.41, 5.74) is 2.64. The topological polar surface area (TPSA) is 56.5 Å². The van der Waals surface area contributed by atoms with E-state index in [4.69, 9.17) is 26.9 Å². The van der Waals surface area contributed by atoms with Gasteiger partial charge in [0.1, 0.15) is 6.04 Å². The van der Waals surface area contributed by atoms with E-state index in [-0.39, 0.29) is 6.04 Å². The molecule has 14 heavy (non-hydrogen) atoms. The molecule has 0 spiro atoms. The first-order valence-corrected chi connectivity index (χ1v) is 5.19. The molecule has 0 saturated heterocycles. The standard InChI is InChI=1S/C8H13ClN2O2S/c1-12-8(13-2)7(11-10)5-3-4-6(9)14-5/h3-4,7-8,11H,10H2,1-2H3. The average molecular weight is 237 g/mol. The lowest BCUT2D eigenvalue weighted by atomic mass is 10.2. The minimum Gasteiger partial charge on any atom is -0.354 e. The molecule has 0 bridgehead atoms. The molecule has 6 heteroatoms. The van der Waals surface area contributed by atoms with Gasteiger partial charge >= 0.3 is 0 Å². The lowest BCUT2D eigenvalue weighted by Gasteiger charge is -2.22. The van der Waals surface area contributed by atoms with Gasteiger partial charge in [0.05, 0.1) is 4.34 Å². The highest BCUT2D eigenvalue weighted by atomic mass is 35.5. The first-order valence-electron chi connectivity index (χ1n) is 4.00. The van der Waals surface area contributed by atoms with Crippen LogP contribution >= 0.6 is 22.9 Å². The Balaban J connectivity index is 2.80. The van der Waals surface area contributed by atoms with E-state index in [1.807, 2.05) is 12.1 Å². The van der Waals surface area contributed by atoms with Crippen molar-refractivity contribution < 1.29 is 9.47 Å². The Bertz CT molecular complexity index is 278. The van der Waals surface area contributed by atoms with E-state index in [0.717, 1.165) is 4.88 Å². The molecule has 1 rings (SSSR count). The van der Waals surface area contributed by atoms with Gasteiger partial charge in [-0.15, -0.1) is 11.3 Å². The zero-order valence-electron chi connectivity index (χ0n) is 7.99. The highest BCUT2D eigenvalue weighted by molar-refractivity contribution is 7.16. The van der Waals surface area contributed by atoms with Crippen molar-refractivity contribution in [1.29, 1.82) is 0 Å². The molecule has 0 fully saturated rings. The number of nitrogens with two attached hydrogens (primary N) is 1. The van der Waals surface area contributed by atoms with Crippen LogP contribution in [0.3, 0.4) is 0 Å². The molecular formula is C8H13ClN2O2S. The van der Waals surface area contributed by atoms with Crippen molar-refractivity contribution >= 4 is 22.9 Å². The summed E-state index contributed by atoms with van der Waals surface area (Å²) in [4.78, 5) is 0.978. The van der Waals surface area contributed by atoms with E-state index in [1.165, 1.54) is 11.3 Å². The van der Waals surface area contributed by atoms with Gasteiger partial charge < -0.3 is 9.47 Å². The van der Waals surface area contributed by atoms with Crippen molar-refractivity contribution in [2.45, 2.75) is 12.3 Å². The molecule has 1 aromatic heterocycles. The Morgan fingerprint density at radius 1 is 1.43 bits per heavy atom. The van der Waals surface area contributed by atoms with Gasteiger partial charge in [-0.3, -0.25) is 5.84 Å². The predicted molar refractivity (Wildman–Crippen MR) is 57.2 cm³/mol. The monoisotopic (exact) mass is 236 g/mol. The second-order valence-corrected chi connectivity index (χ2v) is 4.37. The SMILES string of the molecule is COC(OC)C(NN)c1ccc(Cl)s1. The van der Waals surface area contributed by atoms with Crippen LogP contribution < -0.4 is 11.3 Å². The van der Waals surface area contributed by atoms with Crippen molar-refractivity contribution in [1.82, 2.24) is 5.43 Å². The number of hydrogen-bond acceptors (Lipinski definition) is 5. The Morgan fingerprint density at radius 2 is 2.07 bits per heavy atom. The van der Waals surface area contributed by atoms with Gasteiger partial charge in [-0.25, -0.2) is 5.43 Å². The molecule has 0 saturated carbocycles. The van der Waals surface area contributed by atoms with Gasteiger partial charge in [0.15, 0.2) is 6.29 Å². The van der Waals surface area contributed by atoms with E-state index in [1.54, 1.807) is 14.2 Å². The normalized spacial score (nSPS) is 13.5. The highest BCUT2D eigenvalue weighted by Gasteiger charge is 2.22. The number of thiophene rings is 1. The van der Waals surface area contributed by atoms with Gasteiger partial charge in [0, 0.05) is 19.1 Å². The largest absolute Gasteiger partial charge is 0.354 e. The third kappa shape index (κ3) is 2.66. The molecule has 0 amide bonds. The van der Waals surface area contributed by atoms with Crippen LogP contribution in [0.4, 0.5) is 0 Å². The minimum absolute atomic E-state index is 0.206. The molecule has 1 heterocycles. The van der Waals surface area contributed by atoms with Gasteiger partial charge in [0.25, 0.3) is 0 Å². The van der Waals surface area contributed by atoms with Crippen molar-refractivity contribution in [3.63, 3.8) is 0 Å². The van der Waals surface area contributed by atoms with Gasteiger partial charge in [0.2, 0.25) is 0 Å². The maximum Gasteiger partial charge on any atom is 0.178 e. The van der Waals surface area contributed by atoms with E-state index >= 15 is 0 Å². The number of halogens is 1. The van der Waals surface area contributed by atoms with Crippen LogP contribution in [0.2, 0.25) is 4.34 Å². The summed E-state index contributed by atoms with van der Waals surface area (Å²) in [7, 11) is 3.13. The third-order valence-corrected chi connectivity index (χ3v) is 3.13. The van der Waals surface area contributed by atoms with Crippen LogP contribution in [-0.4, -0.2) is 20.5 Å². The number of hydrogen-bond donors (Lipinski definition) is 2. The van der Waals surface area contributed by atoms with Gasteiger partial charge in [-0.05, 0) is 12.1 Å². The van der Waals surface area contributed by atoms with E-state index < -0.39 is 6.29 Å². The lowest BCUT2D eigenvalue weighted by Crippen LogP contribution is -2.38. The third-order valence-electron chi connectivity index (χ3n) is 1.82. The summed E-state index contributed by atoms with van der Waals surface area (Å²) in [6.07, 6.45) is -0.422. The second-order valence-electron chi connectivity index (χ2n) is 2.63. The highest BCUT2D eigenvalue weighted by Crippen LogP contribution is 2.29. The smallest absolute Gasteiger partial charge is 0.178 e. The summed E-state index contributed by atoms with van der Waals surface area (Å²) in [5.74, 6) is 5.42. The Hall–Kier alpha value is -0.170. The molecule has 0 radical (unpaired) electrons. The summed E-state index contributed by atoms with van der Waals surface area (Å²) < 4.78 is 10.9. The molecule has 0 aromatic carbocycles. The Morgan fingerprint density at radius 3 is 2.43 bits per heavy atom. The van der Waals surface area contributed by atoms with Gasteiger partial charge in [-0.1, -0.05) is 11.6 Å². The predicted octanol–water partition coefficient (Wildman–Crippen LogP) is 1.52. The minimum atomic E-state index is -0.422. The van der Waals surface area contributed by atoms with Crippen molar-refractivity contribution in [2.24, 2.45) is 5.84 Å². The van der Waals surface area contributed by atoms with E-state index in [2.05, 4.69) is 5.43 Å². The number of rotatable bonds is 5. The van der Waals surface area contributed by atoms with Crippen molar-refractivity contribution in [3.8, 4) is 0 Å². The molecule has 1 atom stereocenters. The van der Waals surface area contributed by atoms with E-state index in [9.17, 15) is 0 Å². The summed E-state index contributed by atoms with van der Waals surface area (Å²) in [5, 5.41) is 0. The molecular weight excluding hydrogens is 224 g/mol. The fourth-order valence-electron chi connectivity index (χ4n) is 1.16. The first kappa shape index (κ1) is 11.9. The number of nitrogens with one attached hydrogen (secondary N) is 1. The zero-order chi connectivity index (χ0) is 10.6. The molecule has 0 aliphatic rings. The summed E-state index contributed by atoms with van der Waals surface area (Å²) >= 11 is 7.26. The van der Waals surface area contributed by atoms with E-state index in [0.29, 0.717) is 4.34 Å². The molecule has 1 aromatic rings. The first-order chi connectivity index (χ1) is 6.72. The average Bonchev–Trinajstić information content (AvgIpc) is 2.60. The number of methoxy groups -OCH3 is 2. The zero-order valence-corrected chi connectivity index (χ0v) is 9.56. The Labute approximate surface area is 91.9 Å². The van der Waals surface area contributed by atoms with Crippen LogP contribution in [0.25, 0.3) is 0 Å². The molecule has 3 N–H and O–H groups in total. The fraction of sp³-hybridized carbons (Fsp3) is 0.500. The second kappa shape index (κ2) is 5.65. The molecule has 4 nitrogen and oxygen atoms in total.